The topological polar surface area (TPSA) is 75.9 Å². The van der Waals surface area contributed by atoms with Crippen molar-refractivity contribution in [2.45, 2.75) is 38.6 Å². The number of aryl methyl sites for hydroxylation is 1. The lowest BCUT2D eigenvalue weighted by Crippen LogP contribution is -2.41. The number of nitrogens with two attached hydrogens (primary N) is 1. The Balaban J connectivity index is 1.24. The van der Waals surface area contributed by atoms with E-state index in [9.17, 15) is 9.59 Å². The summed E-state index contributed by atoms with van der Waals surface area (Å²) in [5.41, 5.74) is 7.60. The second kappa shape index (κ2) is 9.52. The fraction of sp³-hybridized carbons (Fsp3) is 0.440. The first-order valence-corrected chi connectivity index (χ1v) is 11.1. The minimum absolute atomic E-state index is 0.127. The largest absolute Gasteiger partial charge is 0.411 e. The van der Waals surface area contributed by atoms with Gasteiger partial charge in [-0.25, -0.2) is 4.79 Å². The minimum Gasteiger partial charge on any atom is -0.411 e. The maximum absolute atomic E-state index is 12.7. The Morgan fingerprint density at radius 3 is 2.39 bits per heavy atom. The molecule has 31 heavy (non-hydrogen) atoms. The van der Waals surface area contributed by atoms with E-state index in [-0.39, 0.29) is 11.3 Å². The maximum atomic E-state index is 12.7. The first kappa shape index (κ1) is 21.4. The van der Waals surface area contributed by atoms with Crippen LogP contribution in [0, 0.1) is 5.41 Å². The summed E-state index contributed by atoms with van der Waals surface area (Å²) in [5.74, 6) is 0.662. The van der Waals surface area contributed by atoms with Gasteiger partial charge in [0.1, 0.15) is 5.75 Å². The van der Waals surface area contributed by atoms with Crippen molar-refractivity contribution in [3.8, 4) is 5.75 Å². The zero-order valence-electron chi connectivity index (χ0n) is 18.0. The van der Waals surface area contributed by atoms with Crippen LogP contribution in [-0.2, 0) is 17.8 Å². The molecule has 0 aliphatic carbocycles. The molecule has 0 aromatic heterocycles. The van der Waals surface area contributed by atoms with E-state index in [4.69, 9.17) is 10.5 Å². The molecule has 2 aliphatic heterocycles. The van der Waals surface area contributed by atoms with Gasteiger partial charge in [0, 0.05) is 19.5 Å². The van der Waals surface area contributed by atoms with Gasteiger partial charge < -0.3 is 20.3 Å². The Morgan fingerprint density at radius 2 is 1.71 bits per heavy atom. The number of hydrogen-bond donors (Lipinski definition) is 1. The van der Waals surface area contributed by atoms with Gasteiger partial charge in [-0.3, -0.25) is 4.79 Å². The molecule has 0 unspecified atom stereocenters. The summed E-state index contributed by atoms with van der Waals surface area (Å²) < 4.78 is 4.87. The highest BCUT2D eigenvalue weighted by Gasteiger charge is 2.44. The Labute approximate surface area is 184 Å². The Kier molecular flexibility index (Phi) is 6.56. The van der Waals surface area contributed by atoms with Crippen LogP contribution in [0.15, 0.2) is 54.6 Å². The minimum atomic E-state index is -0.823. The smallest absolute Gasteiger partial charge is 0.409 e. The summed E-state index contributed by atoms with van der Waals surface area (Å²) in [6.07, 6.45) is 4.32. The van der Waals surface area contributed by atoms with E-state index in [0.717, 1.165) is 51.0 Å². The molecule has 0 bridgehead atoms. The number of piperidine rings is 1. The van der Waals surface area contributed by atoms with Crippen LogP contribution in [0.4, 0.5) is 4.79 Å². The van der Waals surface area contributed by atoms with Crippen molar-refractivity contribution in [2.24, 2.45) is 11.1 Å². The molecule has 0 atom stereocenters. The van der Waals surface area contributed by atoms with Crippen molar-refractivity contribution < 1.29 is 14.3 Å². The highest BCUT2D eigenvalue weighted by Crippen LogP contribution is 2.41. The number of likely N-dealkylation sites (tertiary alicyclic amines) is 2. The van der Waals surface area contributed by atoms with Crippen LogP contribution < -0.4 is 10.5 Å². The molecule has 6 nitrogen and oxygen atoms in total. The van der Waals surface area contributed by atoms with Gasteiger partial charge in [0.15, 0.2) is 0 Å². The lowest BCUT2D eigenvalue weighted by atomic mass is 9.77. The van der Waals surface area contributed by atoms with Gasteiger partial charge in [0.25, 0.3) is 0 Å². The monoisotopic (exact) mass is 421 g/mol. The SMILES string of the molecule is NC(=O)Oc1ccc(CN2CC3(CCN(CCCc4ccccc4)CC3)CC2=O)cc1. The highest BCUT2D eigenvalue weighted by molar-refractivity contribution is 5.79. The highest BCUT2D eigenvalue weighted by atomic mass is 16.5. The summed E-state index contributed by atoms with van der Waals surface area (Å²) in [7, 11) is 0. The number of nitrogens with zero attached hydrogens (tertiary/aromatic N) is 2. The van der Waals surface area contributed by atoms with E-state index < -0.39 is 6.09 Å². The van der Waals surface area contributed by atoms with E-state index >= 15 is 0 Å². The van der Waals surface area contributed by atoms with Crippen LogP contribution in [0.25, 0.3) is 0 Å². The average molecular weight is 422 g/mol. The third-order valence-corrected chi connectivity index (χ3v) is 6.62. The molecule has 2 aromatic carbocycles. The van der Waals surface area contributed by atoms with Crippen molar-refractivity contribution in [2.75, 3.05) is 26.2 Å². The molecule has 6 heteroatoms. The molecule has 4 rings (SSSR count). The van der Waals surface area contributed by atoms with Gasteiger partial charge in [-0.1, -0.05) is 42.5 Å². The summed E-state index contributed by atoms with van der Waals surface area (Å²) >= 11 is 0. The van der Waals surface area contributed by atoms with Crippen LogP contribution in [0.3, 0.4) is 0 Å². The average Bonchev–Trinajstić information content (AvgIpc) is 3.06. The first-order valence-electron chi connectivity index (χ1n) is 11.1. The van der Waals surface area contributed by atoms with E-state index in [2.05, 4.69) is 35.2 Å². The molecule has 1 spiro atoms. The van der Waals surface area contributed by atoms with E-state index in [1.165, 1.54) is 12.0 Å². The number of amides is 2. The van der Waals surface area contributed by atoms with Gasteiger partial charge >= 0.3 is 6.09 Å². The van der Waals surface area contributed by atoms with E-state index in [0.29, 0.717) is 18.7 Å². The second-order valence-corrected chi connectivity index (χ2v) is 8.92. The number of benzene rings is 2. The number of carbonyl (C=O) groups is 2. The predicted molar refractivity (Wildman–Crippen MR) is 120 cm³/mol. The Bertz CT molecular complexity index is 890. The van der Waals surface area contributed by atoms with Gasteiger partial charge in [-0.05, 0) is 74.0 Å². The number of carbonyl (C=O) groups excluding carboxylic acids is 2. The number of ether oxygens (including phenoxy) is 1. The summed E-state index contributed by atoms with van der Waals surface area (Å²) in [5, 5.41) is 0. The summed E-state index contributed by atoms with van der Waals surface area (Å²) in [4.78, 5) is 28.1. The van der Waals surface area contributed by atoms with Crippen LogP contribution in [-0.4, -0.2) is 48.0 Å². The quantitative estimate of drug-likeness (QED) is 0.741. The van der Waals surface area contributed by atoms with Crippen LogP contribution in [0.2, 0.25) is 0 Å². The number of hydrogen-bond acceptors (Lipinski definition) is 4. The molecule has 0 saturated carbocycles. The normalized spacial score (nSPS) is 18.5. The van der Waals surface area contributed by atoms with Crippen LogP contribution >= 0.6 is 0 Å². The zero-order chi connectivity index (χ0) is 21.7. The van der Waals surface area contributed by atoms with Crippen molar-refractivity contribution in [1.29, 1.82) is 0 Å². The molecule has 2 N–H and O–H groups in total. The van der Waals surface area contributed by atoms with Gasteiger partial charge in [-0.15, -0.1) is 0 Å². The third-order valence-electron chi connectivity index (χ3n) is 6.62. The van der Waals surface area contributed by atoms with Crippen molar-refractivity contribution in [3.63, 3.8) is 0 Å². The van der Waals surface area contributed by atoms with Crippen molar-refractivity contribution >= 4 is 12.0 Å². The fourth-order valence-electron chi connectivity index (χ4n) is 4.86. The first-order chi connectivity index (χ1) is 15.0. The molecule has 2 aliphatic rings. The zero-order valence-corrected chi connectivity index (χ0v) is 18.0. The van der Waals surface area contributed by atoms with Crippen molar-refractivity contribution in [3.05, 3.63) is 65.7 Å². The molecule has 164 valence electrons. The lowest BCUT2D eigenvalue weighted by molar-refractivity contribution is -0.128. The Morgan fingerprint density at radius 1 is 1.00 bits per heavy atom. The molecule has 2 saturated heterocycles. The van der Waals surface area contributed by atoms with Crippen LogP contribution in [0.5, 0.6) is 5.75 Å². The standard InChI is InChI=1S/C25H31N3O3/c26-24(30)31-22-10-8-21(9-11-22)18-28-19-25(17-23(28)29)12-15-27(16-13-25)14-4-7-20-5-2-1-3-6-20/h1-3,5-6,8-11H,4,7,12-19H2,(H2,26,30). The summed E-state index contributed by atoms with van der Waals surface area (Å²) in [6.45, 7) is 4.72. The molecular weight excluding hydrogens is 390 g/mol. The van der Waals surface area contributed by atoms with E-state index in [1.807, 2.05) is 17.0 Å². The van der Waals surface area contributed by atoms with Gasteiger partial charge in [0.05, 0.1) is 0 Å². The van der Waals surface area contributed by atoms with Gasteiger partial charge in [-0.2, -0.15) is 0 Å². The van der Waals surface area contributed by atoms with Crippen molar-refractivity contribution in [1.82, 2.24) is 9.80 Å². The molecule has 2 heterocycles. The fourth-order valence-corrected chi connectivity index (χ4v) is 4.86. The second-order valence-electron chi connectivity index (χ2n) is 8.92. The summed E-state index contributed by atoms with van der Waals surface area (Å²) in [6, 6.07) is 17.8. The molecule has 0 radical (unpaired) electrons. The maximum Gasteiger partial charge on any atom is 0.409 e. The number of rotatable bonds is 7. The predicted octanol–water partition coefficient (Wildman–Crippen LogP) is 3.59. The Hall–Kier alpha value is -2.86. The lowest BCUT2D eigenvalue weighted by Gasteiger charge is -2.38. The van der Waals surface area contributed by atoms with Crippen LogP contribution in [0.1, 0.15) is 36.8 Å². The van der Waals surface area contributed by atoms with E-state index in [1.54, 1.807) is 12.1 Å². The molecular formula is C25H31N3O3. The molecule has 2 aromatic rings. The number of primary amides is 1. The molecule has 2 fully saturated rings. The third kappa shape index (κ3) is 5.64. The molecule has 2 amide bonds. The van der Waals surface area contributed by atoms with Gasteiger partial charge in [0.2, 0.25) is 5.91 Å².